The number of fused-ring (bicyclic) bond motifs is 1. The first-order valence-corrected chi connectivity index (χ1v) is 6.88. The molecule has 1 aliphatic rings. The van der Waals surface area contributed by atoms with Crippen LogP contribution in [0.4, 0.5) is 19.3 Å². The summed E-state index contributed by atoms with van der Waals surface area (Å²) in [4.78, 5) is 13.5. The molecule has 0 unspecified atom stereocenters. The van der Waals surface area contributed by atoms with E-state index in [1.807, 2.05) is 6.07 Å². The number of halogens is 2. The fourth-order valence-corrected chi connectivity index (χ4v) is 2.19. The molecule has 3 rings (SSSR count). The first kappa shape index (κ1) is 15.1. The van der Waals surface area contributed by atoms with E-state index in [2.05, 4.69) is 5.32 Å². The molecule has 1 aliphatic heterocycles. The topological polar surface area (TPSA) is 50.8 Å². The van der Waals surface area contributed by atoms with Gasteiger partial charge < -0.3 is 19.7 Å². The van der Waals surface area contributed by atoms with Crippen LogP contribution in [0.3, 0.4) is 0 Å². The number of urea groups is 1. The Kier molecular flexibility index (Phi) is 4.01. The molecule has 1 N–H and O–H groups in total. The number of carbonyl (C=O) groups is 1. The second kappa shape index (κ2) is 6.12. The van der Waals surface area contributed by atoms with Gasteiger partial charge in [-0.2, -0.15) is 0 Å². The van der Waals surface area contributed by atoms with E-state index in [1.165, 1.54) is 11.0 Å². The molecular formula is C16H14F2N2O3. The largest absolute Gasteiger partial charge is 0.454 e. The van der Waals surface area contributed by atoms with Gasteiger partial charge in [-0.3, -0.25) is 0 Å². The van der Waals surface area contributed by atoms with Gasteiger partial charge in [-0.05, 0) is 29.8 Å². The van der Waals surface area contributed by atoms with Crippen molar-refractivity contribution in [3.8, 4) is 11.5 Å². The van der Waals surface area contributed by atoms with Crippen molar-refractivity contribution in [1.29, 1.82) is 0 Å². The van der Waals surface area contributed by atoms with E-state index in [4.69, 9.17) is 9.47 Å². The summed E-state index contributed by atoms with van der Waals surface area (Å²) in [5.74, 6) is -0.237. The van der Waals surface area contributed by atoms with Gasteiger partial charge in [0.05, 0.1) is 5.69 Å². The molecule has 0 spiro atoms. The van der Waals surface area contributed by atoms with Gasteiger partial charge in [0.1, 0.15) is 11.6 Å². The van der Waals surface area contributed by atoms with E-state index in [1.54, 1.807) is 19.2 Å². The highest BCUT2D eigenvalue weighted by Gasteiger charge is 2.16. The van der Waals surface area contributed by atoms with E-state index in [-0.39, 0.29) is 12.5 Å². The maximum atomic E-state index is 13.5. The third-order valence-corrected chi connectivity index (χ3v) is 3.38. The van der Waals surface area contributed by atoms with Crippen LogP contribution in [0, 0.1) is 11.6 Å². The molecule has 0 aliphatic carbocycles. The van der Waals surface area contributed by atoms with Crippen LogP contribution < -0.4 is 14.8 Å². The first-order valence-electron chi connectivity index (χ1n) is 6.88. The molecule has 5 nitrogen and oxygen atoms in total. The van der Waals surface area contributed by atoms with Gasteiger partial charge >= 0.3 is 6.03 Å². The predicted molar refractivity (Wildman–Crippen MR) is 79.4 cm³/mol. The van der Waals surface area contributed by atoms with Gasteiger partial charge in [0, 0.05) is 19.7 Å². The molecule has 0 saturated heterocycles. The van der Waals surface area contributed by atoms with Crippen LogP contribution >= 0.6 is 0 Å². The minimum absolute atomic E-state index is 0.0751. The molecule has 1 heterocycles. The lowest BCUT2D eigenvalue weighted by molar-refractivity contribution is 0.174. The third kappa shape index (κ3) is 3.33. The summed E-state index contributed by atoms with van der Waals surface area (Å²) in [7, 11) is 1.57. The predicted octanol–water partition coefficient (Wildman–Crippen LogP) is 3.36. The Morgan fingerprint density at radius 2 is 1.96 bits per heavy atom. The average Bonchev–Trinajstić information content (AvgIpc) is 2.97. The third-order valence-electron chi connectivity index (χ3n) is 3.38. The number of ether oxygens (including phenoxy) is 2. The number of anilines is 1. The van der Waals surface area contributed by atoms with Crippen LogP contribution in [-0.4, -0.2) is 24.8 Å². The molecule has 0 radical (unpaired) electrons. The zero-order valence-corrected chi connectivity index (χ0v) is 12.3. The number of hydrogen-bond donors (Lipinski definition) is 1. The van der Waals surface area contributed by atoms with Crippen LogP contribution in [0.15, 0.2) is 36.4 Å². The molecule has 0 aromatic heterocycles. The van der Waals surface area contributed by atoms with Crippen LogP contribution in [0.25, 0.3) is 0 Å². The smallest absolute Gasteiger partial charge is 0.321 e. The Bertz CT molecular complexity index is 752. The molecule has 7 heteroatoms. The van der Waals surface area contributed by atoms with Gasteiger partial charge in [-0.25, -0.2) is 13.6 Å². The molecule has 0 atom stereocenters. The molecule has 120 valence electrons. The van der Waals surface area contributed by atoms with Gasteiger partial charge in [0.15, 0.2) is 11.5 Å². The highest BCUT2D eigenvalue weighted by Crippen LogP contribution is 2.32. The quantitative estimate of drug-likeness (QED) is 0.943. The number of nitrogens with zero attached hydrogens (tertiary/aromatic N) is 1. The van der Waals surface area contributed by atoms with Crippen molar-refractivity contribution >= 4 is 11.7 Å². The fourth-order valence-electron chi connectivity index (χ4n) is 2.19. The number of amides is 2. The van der Waals surface area contributed by atoms with Crippen LogP contribution in [0.1, 0.15) is 5.56 Å². The lowest BCUT2D eigenvalue weighted by Gasteiger charge is -2.18. The lowest BCUT2D eigenvalue weighted by atomic mass is 10.2. The van der Waals surface area contributed by atoms with Crippen molar-refractivity contribution < 1.29 is 23.0 Å². The van der Waals surface area contributed by atoms with Crippen molar-refractivity contribution in [2.24, 2.45) is 0 Å². The first-order chi connectivity index (χ1) is 11.0. The Morgan fingerprint density at radius 1 is 1.17 bits per heavy atom. The van der Waals surface area contributed by atoms with Gasteiger partial charge in [-0.15, -0.1) is 0 Å². The lowest BCUT2D eigenvalue weighted by Crippen LogP contribution is -2.31. The summed E-state index contributed by atoms with van der Waals surface area (Å²) in [6, 6.07) is 7.83. The molecule has 0 bridgehead atoms. The number of hydrogen-bond acceptors (Lipinski definition) is 3. The zero-order chi connectivity index (χ0) is 16.4. The second-order valence-electron chi connectivity index (χ2n) is 5.10. The highest BCUT2D eigenvalue weighted by molar-refractivity contribution is 5.89. The highest BCUT2D eigenvalue weighted by atomic mass is 19.1. The average molecular weight is 320 g/mol. The zero-order valence-electron chi connectivity index (χ0n) is 12.3. The van der Waals surface area contributed by atoms with Crippen LogP contribution in [0.5, 0.6) is 11.5 Å². The van der Waals surface area contributed by atoms with E-state index < -0.39 is 17.7 Å². The van der Waals surface area contributed by atoms with Gasteiger partial charge in [-0.1, -0.05) is 6.07 Å². The van der Waals surface area contributed by atoms with E-state index in [0.717, 1.165) is 11.6 Å². The van der Waals surface area contributed by atoms with Crippen LogP contribution in [-0.2, 0) is 6.54 Å². The molecule has 2 aromatic carbocycles. The maximum Gasteiger partial charge on any atom is 0.321 e. The summed E-state index contributed by atoms with van der Waals surface area (Å²) in [5, 5.41) is 2.40. The monoisotopic (exact) mass is 320 g/mol. The van der Waals surface area contributed by atoms with Crippen molar-refractivity contribution in [3.05, 3.63) is 53.6 Å². The Balaban J connectivity index is 1.65. The minimum atomic E-state index is -0.824. The van der Waals surface area contributed by atoms with Crippen LogP contribution in [0.2, 0.25) is 0 Å². The normalized spacial score (nSPS) is 12.1. The summed E-state index contributed by atoms with van der Waals surface area (Å²) in [5.41, 5.74) is 0.764. The number of nitrogens with one attached hydrogen (secondary N) is 1. The Morgan fingerprint density at radius 3 is 2.74 bits per heavy atom. The Labute approximate surface area is 131 Å². The van der Waals surface area contributed by atoms with E-state index >= 15 is 0 Å². The maximum absolute atomic E-state index is 13.5. The molecule has 0 fully saturated rings. The summed E-state index contributed by atoms with van der Waals surface area (Å²) in [6.45, 7) is 0.476. The minimum Gasteiger partial charge on any atom is -0.454 e. The summed E-state index contributed by atoms with van der Waals surface area (Å²) < 4.78 is 36.9. The fraction of sp³-hybridized carbons (Fsp3) is 0.188. The standard InChI is InChI=1S/C16H14F2N2O3/c1-20(8-10-2-5-14-15(6-10)23-9-22-14)16(21)19-13-4-3-11(17)7-12(13)18/h2-7H,8-9H2,1H3,(H,19,21). The molecule has 2 aromatic rings. The van der Waals surface area contributed by atoms with Crippen molar-refractivity contribution in [3.63, 3.8) is 0 Å². The van der Waals surface area contributed by atoms with Gasteiger partial charge in [0.2, 0.25) is 6.79 Å². The number of rotatable bonds is 3. The summed E-state index contributed by atoms with van der Waals surface area (Å²) >= 11 is 0. The SMILES string of the molecule is CN(Cc1ccc2c(c1)OCO2)C(=O)Nc1ccc(F)cc1F. The number of benzene rings is 2. The Hall–Kier alpha value is -2.83. The molecular weight excluding hydrogens is 306 g/mol. The number of carbonyl (C=O) groups excluding carboxylic acids is 1. The van der Waals surface area contributed by atoms with Crippen molar-refractivity contribution in [2.75, 3.05) is 19.2 Å². The van der Waals surface area contributed by atoms with Crippen molar-refractivity contribution in [2.45, 2.75) is 6.54 Å². The summed E-state index contributed by atoms with van der Waals surface area (Å²) in [6.07, 6.45) is 0. The molecule has 2 amide bonds. The van der Waals surface area contributed by atoms with Crippen molar-refractivity contribution in [1.82, 2.24) is 4.90 Å². The molecule has 0 saturated carbocycles. The van der Waals surface area contributed by atoms with E-state index in [0.29, 0.717) is 24.1 Å². The van der Waals surface area contributed by atoms with Gasteiger partial charge in [0.25, 0.3) is 0 Å². The van der Waals surface area contributed by atoms with E-state index in [9.17, 15) is 13.6 Å². The second-order valence-corrected chi connectivity index (χ2v) is 5.10. The molecule has 23 heavy (non-hydrogen) atoms.